The molecule has 21 heavy (non-hydrogen) atoms. The predicted octanol–water partition coefficient (Wildman–Crippen LogP) is 1.88. The molecule has 0 aliphatic rings. The van der Waals surface area contributed by atoms with Crippen LogP contribution in [0, 0.1) is 5.82 Å². The van der Waals surface area contributed by atoms with E-state index in [9.17, 15) is 4.39 Å². The normalized spacial score (nSPS) is 11.8. The number of nitrogens with zero attached hydrogens (tertiary/aromatic N) is 2. The molecule has 5 heteroatoms. The molecule has 4 nitrogen and oxygen atoms in total. The van der Waals surface area contributed by atoms with Gasteiger partial charge in [0.2, 0.25) is 0 Å². The van der Waals surface area contributed by atoms with Crippen molar-refractivity contribution in [3.63, 3.8) is 0 Å². The molecule has 0 bridgehead atoms. The lowest BCUT2D eigenvalue weighted by Gasteiger charge is -2.12. The first-order valence-corrected chi connectivity index (χ1v) is 7.53. The zero-order valence-electron chi connectivity index (χ0n) is 13.3. The van der Waals surface area contributed by atoms with Gasteiger partial charge in [-0.25, -0.2) is 4.39 Å². The molecule has 0 heterocycles. The summed E-state index contributed by atoms with van der Waals surface area (Å²) in [5.74, 6) is 0.653. The smallest absolute Gasteiger partial charge is 0.191 e. The highest BCUT2D eigenvalue weighted by molar-refractivity contribution is 5.79. The summed E-state index contributed by atoms with van der Waals surface area (Å²) in [5.41, 5.74) is 0.730. The lowest BCUT2D eigenvalue weighted by molar-refractivity contribution is 0.403. The van der Waals surface area contributed by atoms with Crippen molar-refractivity contribution in [1.29, 1.82) is 0 Å². The van der Waals surface area contributed by atoms with E-state index in [1.165, 1.54) is 6.07 Å². The van der Waals surface area contributed by atoms with Crippen LogP contribution < -0.4 is 10.6 Å². The van der Waals surface area contributed by atoms with Crippen LogP contribution in [0.1, 0.15) is 18.9 Å². The molecule has 0 unspecified atom stereocenters. The van der Waals surface area contributed by atoms with E-state index in [1.807, 2.05) is 19.1 Å². The summed E-state index contributed by atoms with van der Waals surface area (Å²) in [6.07, 6.45) is 1.67. The number of benzene rings is 1. The van der Waals surface area contributed by atoms with Crippen LogP contribution in [0.15, 0.2) is 29.3 Å². The topological polar surface area (TPSA) is 39.7 Å². The molecule has 0 saturated heterocycles. The van der Waals surface area contributed by atoms with Gasteiger partial charge in [-0.1, -0.05) is 18.2 Å². The Labute approximate surface area is 127 Å². The molecule has 1 aromatic rings. The van der Waals surface area contributed by atoms with Gasteiger partial charge in [-0.15, -0.1) is 0 Å². The van der Waals surface area contributed by atoms with E-state index in [2.05, 4.69) is 34.6 Å². The van der Waals surface area contributed by atoms with Crippen LogP contribution in [0.2, 0.25) is 0 Å². The maximum atomic E-state index is 13.5. The molecular formula is C16H27FN4. The van der Waals surface area contributed by atoms with Gasteiger partial charge in [0, 0.05) is 19.6 Å². The number of rotatable bonds is 8. The summed E-state index contributed by atoms with van der Waals surface area (Å²) < 4.78 is 13.5. The molecule has 0 fully saturated rings. The Morgan fingerprint density at radius 3 is 2.67 bits per heavy atom. The molecule has 0 aliphatic heterocycles. The van der Waals surface area contributed by atoms with Gasteiger partial charge >= 0.3 is 0 Å². The van der Waals surface area contributed by atoms with Crippen molar-refractivity contribution in [1.82, 2.24) is 15.5 Å². The zero-order chi connectivity index (χ0) is 15.5. The maximum Gasteiger partial charge on any atom is 0.191 e. The fraction of sp³-hybridized carbons (Fsp3) is 0.562. The van der Waals surface area contributed by atoms with Gasteiger partial charge in [-0.2, -0.15) is 0 Å². The number of hydrogen-bond acceptors (Lipinski definition) is 2. The van der Waals surface area contributed by atoms with E-state index in [4.69, 9.17) is 0 Å². The summed E-state index contributed by atoms with van der Waals surface area (Å²) in [5, 5.41) is 6.45. The van der Waals surface area contributed by atoms with Crippen LogP contribution in [0.5, 0.6) is 0 Å². The number of guanidine groups is 1. The Kier molecular flexibility index (Phi) is 8.43. The van der Waals surface area contributed by atoms with E-state index in [-0.39, 0.29) is 5.82 Å². The second kappa shape index (κ2) is 10.2. The van der Waals surface area contributed by atoms with Crippen molar-refractivity contribution >= 4 is 5.96 Å². The number of halogens is 1. The van der Waals surface area contributed by atoms with Gasteiger partial charge in [-0.3, -0.25) is 4.99 Å². The molecule has 0 radical (unpaired) electrons. The summed E-state index contributed by atoms with van der Waals surface area (Å²) in [6.45, 7) is 5.33. The van der Waals surface area contributed by atoms with E-state index >= 15 is 0 Å². The highest BCUT2D eigenvalue weighted by Crippen LogP contribution is 2.05. The van der Waals surface area contributed by atoms with Crippen molar-refractivity contribution < 1.29 is 4.39 Å². The highest BCUT2D eigenvalue weighted by Gasteiger charge is 2.01. The van der Waals surface area contributed by atoms with Crippen molar-refractivity contribution in [3.8, 4) is 0 Å². The van der Waals surface area contributed by atoms with Crippen LogP contribution in [-0.4, -0.2) is 51.1 Å². The minimum Gasteiger partial charge on any atom is -0.357 e. The Balaban J connectivity index is 2.36. The van der Waals surface area contributed by atoms with Gasteiger partial charge in [0.1, 0.15) is 5.82 Å². The fourth-order valence-electron chi connectivity index (χ4n) is 1.94. The van der Waals surface area contributed by atoms with Crippen LogP contribution in [0.25, 0.3) is 0 Å². The average Bonchev–Trinajstić information content (AvgIpc) is 2.45. The van der Waals surface area contributed by atoms with Crippen LogP contribution >= 0.6 is 0 Å². The van der Waals surface area contributed by atoms with Crippen molar-refractivity contribution in [2.75, 3.05) is 40.3 Å². The largest absolute Gasteiger partial charge is 0.357 e. The summed E-state index contributed by atoms with van der Waals surface area (Å²) in [4.78, 5) is 6.66. The van der Waals surface area contributed by atoms with E-state index in [1.54, 1.807) is 6.07 Å². The van der Waals surface area contributed by atoms with E-state index < -0.39 is 0 Å². The summed E-state index contributed by atoms with van der Waals surface area (Å²) in [7, 11) is 4.11. The predicted molar refractivity (Wildman–Crippen MR) is 87.3 cm³/mol. The highest BCUT2D eigenvalue weighted by atomic mass is 19.1. The minimum atomic E-state index is -0.146. The standard InChI is InChI=1S/C16H27FN4/c1-4-18-16(19-11-7-13-21(2)3)20-12-10-14-8-5-6-9-15(14)17/h5-6,8-9H,4,7,10-13H2,1-3H3,(H2,18,19,20). The number of nitrogens with one attached hydrogen (secondary N) is 2. The van der Waals surface area contributed by atoms with Gasteiger partial charge < -0.3 is 15.5 Å². The third kappa shape index (κ3) is 7.66. The lowest BCUT2D eigenvalue weighted by atomic mass is 10.1. The van der Waals surface area contributed by atoms with Gasteiger partial charge in [-0.05, 0) is 52.0 Å². The van der Waals surface area contributed by atoms with Crippen molar-refractivity contribution in [2.24, 2.45) is 4.99 Å². The summed E-state index contributed by atoms with van der Waals surface area (Å²) in [6, 6.07) is 6.88. The summed E-state index contributed by atoms with van der Waals surface area (Å²) >= 11 is 0. The first-order chi connectivity index (χ1) is 10.1. The second-order valence-corrected chi connectivity index (χ2v) is 5.19. The van der Waals surface area contributed by atoms with E-state index in [0.29, 0.717) is 13.0 Å². The van der Waals surface area contributed by atoms with Crippen LogP contribution in [0.4, 0.5) is 4.39 Å². The molecule has 1 rings (SSSR count). The average molecular weight is 294 g/mol. The molecule has 0 atom stereocenters. The second-order valence-electron chi connectivity index (χ2n) is 5.19. The monoisotopic (exact) mass is 294 g/mol. The Hall–Kier alpha value is -1.62. The first-order valence-electron chi connectivity index (χ1n) is 7.53. The maximum absolute atomic E-state index is 13.5. The molecule has 118 valence electrons. The third-order valence-electron chi connectivity index (χ3n) is 3.02. The Morgan fingerprint density at radius 1 is 1.24 bits per heavy atom. The first kappa shape index (κ1) is 17.4. The SMILES string of the molecule is CCNC(=NCCCN(C)C)NCCc1ccccc1F. The van der Waals surface area contributed by atoms with Crippen LogP contribution in [0.3, 0.4) is 0 Å². The molecular weight excluding hydrogens is 267 g/mol. The Bertz CT molecular complexity index is 432. The molecule has 2 N–H and O–H groups in total. The Morgan fingerprint density at radius 2 is 2.00 bits per heavy atom. The van der Waals surface area contributed by atoms with Crippen LogP contribution in [-0.2, 0) is 6.42 Å². The van der Waals surface area contributed by atoms with Crippen molar-refractivity contribution in [3.05, 3.63) is 35.6 Å². The van der Waals surface area contributed by atoms with Gasteiger partial charge in [0.05, 0.1) is 0 Å². The zero-order valence-corrected chi connectivity index (χ0v) is 13.3. The molecule has 0 spiro atoms. The van der Waals surface area contributed by atoms with Gasteiger partial charge in [0.15, 0.2) is 5.96 Å². The molecule has 0 aromatic heterocycles. The molecule has 0 aliphatic carbocycles. The molecule has 1 aromatic carbocycles. The molecule has 0 saturated carbocycles. The minimum absolute atomic E-state index is 0.146. The number of aliphatic imine (C=N–C) groups is 1. The van der Waals surface area contributed by atoms with E-state index in [0.717, 1.165) is 37.6 Å². The fourth-order valence-corrected chi connectivity index (χ4v) is 1.94. The van der Waals surface area contributed by atoms with Gasteiger partial charge in [0.25, 0.3) is 0 Å². The van der Waals surface area contributed by atoms with Crippen molar-refractivity contribution in [2.45, 2.75) is 19.8 Å². The lowest BCUT2D eigenvalue weighted by Crippen LogP contribution is -2.38. The number of hydrogen-bond donors (Lipinski definition) is 2. The quantitative estimate of drug-likeness (QED) is 0.437. The molecule has 0 amide bonds. The third-order valence-corrected chi connectivity index (χ3v) is 3.02.